The summed E-state index contributed by atoms with van der Waals surface area (Å²) < 4.78 is 2.21. The van der Waals surface area contributed by atoms with E-state index in [-0.39, 0.29) is 0 Å². The van der Waals surface area contributed by atoms with Crippen molar-refractivity contribution in [3.63, 3.8) is 0 Å². The van der Waals surface area contributed by atoms with Crippen LogP contribution in [0.3, 0.4) is 0 Å². The summed E-state index contributed by atoms with van der Waals surface area (Å²) in [5, 5.41) is 0. The average molecular weight is 285 g/mol. The standard InChI is InChI=1S/C8H7BIN.C2H6/c9-7-2-1-6-3-4-11(10)8(6)5-7;1-2/h1-2,5H,3-4H2;1-2H3. The van der Waals surface area contributed by atoms with Gasteiger partial charge in [0.2, 0.25) is 0 Å². The predicted molar refractivity (Wildman–Crippen MR) is 68.2 cm³/mol. The number of hydrogen-bond donors (Lipinski definition) is 0. The van der Waals surface area contributed by atoms with E-state index in [0.717, 1.165) is 18.4 Å². The molecule has 3 heteroatoms. The van der Waals surface area contributed by atoms with Gasteiger partial charge in [0.15, 0.2) is 0 Å². The van der Waals surface area contributed by atoms with E-state index >= 15 is 0 Å². The van der Waals surface area contributed by atoms with E-state index in [4.69, 9.17) is 7.85 Å². The Bertz CT molecular complexity index is 288. The van der Waals surface area contributed by atoms with Gasteiger partial charge in [-0.25, -0.2) is 0 Å². The number of benzene rings is 1. The number of rotatable bonds is 0. The topological polar surface area (TPSA) is 3.24 Å². The molecule has 0 aliphatic carbocycles. The predicted octanol–water partition coefficient (Wildman–Crippen LogP) is 2.22. The lowest BCUT2D eigenvalue weighted by atomic mass is 9.94. The maximum absolute atomic E-state index is 5.66. The average Bonchev–Trinajstić information content (AvgIpc) is 2.52. The van der Waals surface area contributed by atoms with Gasteiger partial charge in [-0.05, 0) is 18.1 Å². The van der Waals surface area contributed by atoms with Gasteiger partial charge < -0.3 is 3.11 Å². The summed E-state index contributed by atoms with van der Waals surface area (Å²) in [6, 6.07) is 6.12. The Morgan fingerprint density at radius 1 is 1.38 bits per heavy atom. The SMILES string of the molecule is CC.[B]c1ccc2c(c1)N(I)CC2. The fourth-order valence-electron chi connectivity index (χ4n) is 1.36. The second-order valence-corrected chi connectivity index (χ2v) is 3.89. The van der Waals surface area contributed by atoms with Crippen molar-refractivity contribution in [3.8, 4) is 0 Å². The second-order valence-electron chi connectivity index (χ2n) is 2.72. The molecule has 13 heavy (non-hydrogen) atoms. The fraction of sp³-hybridized carbons (Fsp3) is 0.400. The molecule has 0 unspecified atom stereocenters. The number of fused-ring (bicyclic) bond motifs is 1. The first kappa shape index (κ1) is 10.9. The van der Waals surface area contributed by atoms with Crippen LogP contribution < -0.4 is 8.58 Å². The first-order valence-electron chi connectivity index (χ1n) is 4.59. The molecule has 0 spiro atoms. The molecular weight excluding hydrogens is 272 g/mol. The molecule has 0 bridgehead atoms. The van der Waals surface area contributed by atoms with Crippen molar-refractivity contribution in [2.75, 3.05) is 9.66 Å². The Kier molecular flexibility index (Phi) is 4.10. The highest BCUT2D eigenvalue weighted by atomic mass is 127. The first-order valence-corrected chi connectivity index (χ1v) is 5.55. The van der Waals surface area contributed by atoms with E-state index < -0.39 is 0 Å². The van der Waals surface area contributed by atoms with Crippen LogP contribution in [0, 0.1) is 0 Å². The van der Waals surface area contributed by atoms with Crippen LogP contribution in [0.15, 0.2) is 18.2 Å². The molecule has 1 nitrogen and oxygen atoms in total. The summed E-state index contributed by atoms with van der Waals surface area (Å²) in [5.74, 6) is 0. The van der Waals surface area contributed by atoms with Gasteiger partial charge in [-0.2, -0.15) is 0 Å². The summed E-state index contributed by atoms with van der Waals surface area (Å²) in [6.45, 7) is 5.11. The Morgan fingerprint density at radius 3 is 2.77 bits per heavy atom. The largest absolute Gasteiger partial charge is 0.314 e. The smallest absolute Gasteiger partial charge is 0.113 e. The third-order valence-electron chi connectivity index (χ3n) is 1.95. The number of nitrogens with zero attached hydrogens (tertiary/aromatic N) is 1. The van der Waals surface area contributed by atoms with Crippen molar-refractivity contribution in [1.82, 2.24) is 0 Å². The third kappa shape index (κ3) is 2.39. The van der Waals surface area contributed by atoms with E-state index in [2.05, 4.69) is 32.0 Å². The molecule has 0 saturated heterocycles. The molecule has 2 rings (SSSR count). The highest BCUT2D eigenvalue weighted by Gasteiger charge is 2.15. The summed E-state index contributed by atoms with van der Waals surface area (Å²) in [7, 11) is 5.66. The Hall–Kier alpha value is -0.185. The highest BCUT2D eigenvalue weighted by molar-refractivity contribution is 14.1. The second kappa shape index (κ2) is 4.89. The van der Waals surface area contributed by atoms with Crippen LogP contribution in [0.1, 0.15) is 19.4 Å². The lowest BCUT2D eigenvalue weighted by Crippen LogP contribution is -2.07. The minimum absolute atomic E-state index is 0.854. The Morgan fingerprint density at radius 2 is 2.08 bits per heavy atom. The highest BCUT2D eigenvalue weighted by Crippen LogP contribution is 2.28. The third-order valence-corrected chi connectivity index (χ3v) is 2.95. The molecule has 0 atom stereocenters. The van der Waals surface area contributed by atoms with Crippen molar-refractivity contribution in [3.05, 3.63) is 23.8 Å². The molecule has 1 aliphatic rings. The van der Waals surface area contributed by atoms with Crippen LogP contribution in [-0.4, -0.2) is 14.4 Å². The van der Waals surface area contributed by atoms with E-state index in [1.54, 1.807) is 0 Å². The van der Waals surface area contributed by atoms with Crippen molar-refractivity contribution < 1.29 is 0 Å². The maximum atomic E-state index is 5.66. The van der Waals surface area contributed by atoms with E-state index in [1.165, 1.54) is 11.3 Å². The van der Waals surface area contributed by atoms with Crippen LogP contribution in [0.5, 0.6) is 0 Å². The molecule has 0 N–H and O–H groups in total. The lowest BCUT2D eigenvalue weighted by Gasteiger charge is -2.08. The summed E-state index contributed by atoms with van der Waals surface area (Å²) in [5.41, 5.74) is 3.55. The van der Waals surface area contributed by atoms with Crippen molar-refractivity contribution in [2.45, 2.75) is 20.3 Å². The van der Waals surface area contributed by atoms with Crippen molar-refractivity contribution in [1.29, 1.82) is 0 Å². The van der Waals surface area contributed by atoms with Gasteiger partial charge in [-0.15, -0.1) is 0 Å². The van der Waals surface area contributed by atoms with Gasteiger partial charge in [-0.3, -0.25) is 0 Å². The molecule has 68 valence electrons. The van der Waals surface area contributed by atoms with Gasteiger partial charge >= 0.3 is 0 Å². The van der Waals surface area contributed by atoms with E-state index in [9.17, 15) is 0 Å². The number of halogens is 1. The van der Waals surface area contributed by atoms with Crippen LogP contribution in [0.2, 0.25) is 0 Å². The number of hydrogen-bond acceptors (Lipinski definition) is 1. The molecule has 0 fully saturated rings. The Labute approximate surface area is 95.4 Å². The van der Waals surface area contributed by atoms with Crippen LogP contribution in [0.4, 0.5) is 5.69 Å². The van der Waals surface area contributed by atoms with Gasteiger partial charge in [0, 0.05) is 12.2 Å². The van der Waals surface area contributed by atoms with Crippen LogP contribution >= 0.6 is 22.9 Å². The monoisotopic (exact) mass is 285 g/mol. The number of anilines is 1. The van der Waals surface area contributed by atoms with Gasteiger partial charge in [-0.1, -0.05) is 31.4 Å². The fourth-order valence-corrected chi connectivity index (χ4v) is 2.05. The Balaban J connectivity index is 0.000000396. The maximum Gasteiger partial charge on any atom is 0.113 e. The molecule has 0 amide bonds. The van der Waals surface area contributed by atoms with E-state index in [0.29, 0.717) is 0 Å². The molecule has 1 heterocycles. The summed E-state index contributed by atoms with van der Waals surface area (Å²) in [4.78, 5) is 0. The molecular formula is C10H13BIN. The minimum atomic E-state index is 0.854. The molecule has 1 aromatic carbocycles. The summed E-state index contributed by atoms with van der Waals surface area (Å²) >= 11 is 2.32. The molecule has 2 radical (unpaired) electrons. The molecule has 0 saturated carbocycles. The van der Waals surface area contributed by atoms with Crippen molar-refractivity contribution in [2.24, 2.45) is 0 Å². The van der Waals surface area contributed by atoms with Gasteiger partial charge in [0.25, 0.3) is 0 Å². The van der Waals surface area contributed by atoms with Crippen LogP contribution in [-0.2, 0) is 6.42 Å². The first-order chi connectivity index (χ1) is 6.27. The van der Waals surface area contributed by atoms with Gasteiger partial charge in [0.1, 0.15) is 7.85 Å². The van der Waals surface area contributed by atoms with Gasteiger partial charge in [0.05, 0.1) is 22.9 Å². The zero-order valence-corrected chi connectivity index (χ0v) is 10.2. The summed E-state index contributed by atoms with van der Waals surface area (Å²) in [6.07, 6.45) is 1.15. The quantitative estimate of drug-likeness (QED) is 0.401. The van der Waals surface area contributed by atoms with Crippen molar-refractivity contribution >= 4 is 41.9 Å². The zero-order chi connectivity index (χ0) is 9.84. The minimum Gasteiger partial charge on any atom is -0.314 e. The zero-order valence-electron chi connectivity index (χ0n) is 8.05. The normalized spacial score (nSPS) is 13.3. The molecule has 0 aromatic heterocycles. The van der Waals surface area contributed by atoms with Crippen LogP contribution in [0.25, 0.3) is 0 Å². The molecule has 1 aliphatic heterocycles. The molecule has 1 aromatic rings. The lowest BCUT2D eigenvalue weighted by molar-refractivity contribution is 1.07. The van der Waals surface area contributed by atoms with E-state index in [1.807, 2.05) is 26.0 Å².